The summed E-state index contributed by atoms with van der Waals surface area (Å²) in [6.45, 7) is 5.95. The first-order valence-electron chi connectivity index (χ1n) is 11.9. The molecule has 2 aromatic carbocycles. The first kappa shape index (κ1) is 21.3. The fourth-order valence-corrected chi connectivity index (χ4v) is 5.53. The number of benzene rings is 2. The highest BCUT2D eigenvalue weighted by molar-refractivity contribution is 5.78. The molecule has 32 heavy (non-hydrogen) atoms. The lowest BCUT2D eigenvalue weighted by atomic mass is 9.94. The van der Waals surface area contributed by atoms with Crippen molar-refractivity contribution in [3.63, 3.8) is 0 Å². The number of rotatable bonds is 4. The predicted octanol–water partition coefficient (Wildman–Crippen LogP) is 3.21. The van der Waals surface area contributed by atoms with E-state index in [2.05, 4.69) is 32.9 Å². The molecule has 3 aliphatic rings. The van der Waals surface area contributed by atoms with Crippen LogP contribution in [0.15, 0.2) is 36.4 Å². The van der Waals surface area contributed by atoms with Crippen LogP contribution in [-0.4, -0.2) is 76.1 Å². The number of phenols is 2. The van der Waals surface area contributed by atoms with Gasteiger partial charge >= 0.3 is 0 Å². The number of hydrogen-bond donors (Lipinski definition) is 2. The second kappa shape index (κ2) is 9.12. The molecule has 2 fully saturated rings. The lowest BCUT2D eigenvalue weighted by Crippen LogP contribution is -2.53. The molecule has 0 aromatic heterocycles. The van der Waals surface area contributed by atoms with Gasteiger partial charge in [-0.15, -0.1) is 0 Å². The monoisotopic (exact) mass is 435 g/mol. The van der Waals surface area contributed by atoms with E-state index < -0.39 is 0 Å². The number of aromatic hydroxyl groups is 2. The van der Waals surface area contributed by atoms with Crippen molar-refractivity contribution in [3.8, 4) is 22.6 Å². The molecule has 0 spiro atoms. The maximum atomic E-state index is 12.9. The summed E-state index contributed by atoms with van der Waals surface area (Å²) in [6.07, 6.45) is 6.29. The second-order valence-corrected chi connectivity index (χ2v) is 9.50. The average Bonchev–Trinajstić information content (AvgIpc) is 3.36. The first-order valence-corrected chi connectivity index (χ1v) is 11.9. The van der Waals surface area contributed by atoms with Crippen molar-refractivity contribution in [3.05, 3.63) is 47.5 Å². The van der Waals surface area contributed by atoms with E-state index in [4.69, 9.17) is 0 Å². The lowest BCUT2D eigenvalue weighted by molar-refractivity contribution is -0.134. The third-order valence-corrected chi connectivity index (χ3v) is 7.47. The number of amides is 1. The maximum absolute atomic E-state index is 12.9. The van der Waals surface area contributed by atoms with Crippen molar-refractivity contribution in [1.29, 1.82) is 0 Å². The minimum Gasteiger partial charge on any atom is -0.504 e. The quantitative estimate of drug-likeness (QED) is 0.722. The van der Waals surface area contributed by atoms with Gasteiger partial charge in [0.05, 0.1) is 6.54 Å². The second-order valence-electron chi connectivity index (χ2n) is 9.50. The number of piperazine rings is 1. The average molecular weight is 436 g/mol. The molecule has 2 N–H and O–H groups in total. The molecular weight excluding hydrogens is 402 g/mol. The van der Waals surface area contributed by atoms with Gasteiger partial charge in [0, 0.05) is 45.3 Å². The lowest BCUT2D eigenvalue weighted by Gasteiger charge is -2.39. The normalized spacial score (nSPS) is 20.4. The van der Waals surface area contributed by atoms with Gasteiger partial charge in [-0.3, -0.25) is 14.6 Å². The van der Waals surface area contributed by atoms with E-state index in [1.807, 2.05) is 6.07 Å². The van der Waals surface area contributed by atoms with Crippen LogP contribution in [0.1, 0.15) is 36.8 Å². The van der Waals surface area contributed by atoms with E-state index in [1.54, 1.807) is 6.07 Å². The summed E-state index contributed by atoms with van der Waals surface area (Å²) in [6, 6.07) is 12.0. The SMILES string of the molecule is O=C(CN1CCc2cc(-c3ccc(O)c(O)c3)ccc2C1)N1CCN(C2CCCC2)CC1. The zero-order valence-corrected chi connectivity index (χ0v) is 18.7. The third-order valence-electron chi connectivity index (χ3n) is 7.47. The molecule has 0 bridgehead atoms. The molecule has 5 rings (SSSR count). The number of carbonyl (C=O) groups excluding carboxylic acids is 1. The Morgan fingerprint density at radius 3 is 2.31 bits per heavy atom. The maximum Gasteiger partial charge on any atom is 0.236 e. The van der Waals surface area contributed by atoms with Gasteiger partial charge < -0.3 is 15.1 Å². The topological polar surface area (TPSA) is 67.2 Å². The van der Waals surface area contributed by atoms with Crippen molar-refractivity contribution < 1.29 is 15.0 Å². The van der Waals surface area contributed by atoms with E-state index in [0.717, 1.165) is 62.9 Å². The van der Waals surface area contributed by atoms with E-state index in [9.17, 15) is 15.0 Å². The molecule has 2 aromatic rings. The predicted molar refractivity (Wildman–Crippen MR) is 125 cm³/mol. The van der Waals surface area contributed by atoms with Crippen LogP contribution in [0.25, 0.3) is 11.1 Å². The van der Waals surface area contributed by atoms with Crippen LogP contribution >= 0.6 is 0 Å². The summed E-state index contributed by atoms with van der Waals surface area (Å²) in [5, 5.41) is 19.4. The Morgan fingerprint density at radius 2 is 1.56 bits per heavy atom. The van der Waals surface area contributed by atoms with Gasteiger partial charge in [0.25, 0.3) is 0 Å². The molecule has 170 valence electrons. The van der Waals surface area contributed by atoms with Crippen LogP contribution in [-0.2, 0) is 17.8 Å². The van der Waals surface area contributed by atoms with Crippen LogP contribution in [0.4, 0.5) is 0 Å². The summed E-state index contributed by atoms with van der Waals surface area (Å²) in [7, 11) is 0. The smallest absolute Gasteiger partial charge is 0.236 e. The Hall–Kier alpha value is -2.57. The molecule has 1 aliphatic carbocycles. The molecular formula is C26H33N3O3. The molecule has 1 saturated carbocycles. The van der Waals surface area contributed by atoms with Crippen molar-refractivity contribution in [2.24, 2.45) is 0 Å². The number of phenolic OH excluding ortho intramolecular Hbond substituents is 2. The van der Waals surface area contributed by atoms with Crippen LogP contribution < -0.4 is 0 Å². The van der Waals surface area contributed by atoms with Gasteiger partial charge in [0.1, 0.15) is 0 Å². The minimum atomic E-state index is -0.105. The van der Waals surface area contributed by atoms with Gasteiger partial charge in [-0.2, -0.15) is 0 Å². The van der Waals surface area contributed by atoms with E-state index in [0.29, 0.717) is 6.54 Å². The van der Waals surface area contributed by atoms with E-state index in [-0.39, 0.29) is 17.4 Å². The molecule has 0 unspecified atom stereocenters. The zero-order valence-electron chi connectivity index (χ0n) is 18.7. The summed E-state index contributed by atoms with van der Waals surface area (Å²) in [4.78, 5) is 19.8. The standard InChI is InChI=1S/C26H33N3O3/c30-24-8-7-20(16-25(24)31)19-5-6-22-17-27(10-9-21(22)15-19)18-26(32)29-13-11-28(12-14-29)23-3-1-2-4-23/h5-8,15-16,23,30-31H,1-4,9-14,17-18H2. The van der Waals surface area contributed by atoms with Crippen LogP contribution in [0.3, 0.4) is 0 Å². The molecule has 0 atom stereocenters. The van der Waals surface area contributed by atoms with Crippen molar-refractivity contribution in [1.82, 2.24) is 14.7 Å². The van der Waals surface area contributed by atoms with Crippen molar-refractivity contribution in [2.75, 3.05) is 39.3 Å². The highest BCUT2D eigenvalue weighted by atomic mass is 16.3. The van der Waals surface area contributed by atoms with Crippen molar-refractivity contribution in [2.45, 2.75) is 44.7 Å². The van der Waals surface area contributed by atoms with E-state index in [1.165, 1.54) is 42.9 Å². The number of hydrogen-bond acceptors (Lipinski definition) is 5. The molecule has 0 radical (unpaired) electrons. The van der Waals surface area contributed by atoms with Gasteiger partial charge in [0.15, 0.2) is 11.5 Å². The summed E-state index contributed by atoms with van der Waals surface area (Å²) in [5.41, 5.74) is 4.48. The van der Waals surface area contributed by atoms with Gasteiger partial charge in [-0.05, 0) is 53.6 Å². The fourth-order valence-electron chi connectivity index (χ4n) is 5.53. The fraction of sp³-hybridized carbons (Fsp3) is 0.500. The van der Waals surface area contributed by atoms with Gasteiger partial charge in [-0.25, -0.2) is 0 Å². The molecule has 6 heteroatoms. The largest absolute Gasteiger partial charge is 0.504 e. The van der Waals surface area contributed by atoms with Crippen LogP contribution in [0.2, 0.25) is 0 Å². The van der Waals surface area contributed by atoms with Crippen molar-refractivity contribution >= 4 is 5.91 Å². The highest BCUT2D eigenvalue weighted by Gasteiger charge is 2.29. The Balaban J connectivity index is 1.17. The Bertz CT molecular complexity index is 978. The number of nitrogens with zero attached hydrogens (tertiary/aromatic N) is 3. The summed E-state index contributed by atoms with van der Waals surface area (Å²) in [5.74, 6) is 0.0525. The van der Waals surface area contributed by atoms with Crippen LogP contribution in [0, 0.1) is 0 Å². The molecule has 1 amide bonds. The number of carbonyl (C=O) groups is 1. The zero-order chi connectivity index (χ0) is 22.1. The minimum absolute atomic E-state index is 0.103. The Kier molecular flexibility index (Phi) is 6.07. The Morgan fingerprint density at radius 1 is 0.844 bits per heavy atom. The molecule has 2 aliphatic heterocycles. The highest BCUT2D eigenvalue weighted by Crippen LogP contribution is 2.32. The molecule has 6 nitrogen and oxygen atoms in total. The third kappa shape index (κ3) is 4.48. The first-order chi connectivity index (χ1) is 15.6. The van der Waals surface area contributed by atoms with E-state index >= 15 is 0 Å². The van der Waals surface area contributed by atoms with Gasteiger partial charge in [-0.1, -0.05) is 37.1 Å². The summed E-state index contributed by atoms with van der Waals surface area (Å²) < 4.78 is 0. The van der Waals surface area contributed by atoms with Crippen LogP contribution in [0.5, 0.6) is 11.5 Å². The Labute approximate surface area is 190 Å². The number of fused-ring (bicyclic) bond motifs is 1. The van der Waals surface area contributed by atoms with Gasteiger partial charge in [0.2, 0.25) is 5.91 Å². The molecule has 2 heterocycles. The summed E-state index contributed by atoms with van der Waals surface area (Å²) >= 11 is 0. The molecule has 1 saturated heterocycles.